The molecule has 1 heterocycles. The van der Waals surface area contributed by atoms with Crippen LogP contribution in [0.3, 0.4) is 0 Å². The molecule has 0 radical (unpaired) electrons. The molecule has 0 N–H and O–H groups in total. The van der Waals surface area contributed by atoms with Gasteiger partial charge in [-0.25, -0.2) is 0 Å². The molecular weight excluding hydrogens is 262 g/mol. The van der Waals surface area contributed by atoms with Crippen LogP contribution in [0.2, 0.25) is 0 Å². The summed E-state index contributed by atoms with van der Waals surface area (Å²) in [7, 11) is 0. The van der Waals surface area contributed by atoms with E-state index in [0.717, 1.165) is 44.5 Å². The molecule has 21 heavy (non-hydrogen) atoms. The van der Waals surface area contributed by atoms with Gasteiger partial charge in [0.25, 0.3) is 0 Å². The summed E-state index contributed by atoms with van der Waals surface area (Å²) in [5.74, 6) is 1.77. The van der Waals surface area contributed by atoms with Gasteiger partial charge >= 0.3 is 0 Å². The molecule has 0 saturated heterocycles. The highest BCUT2D eigenvalue weighted by atomic mass is 16.5. The summed E-state index contributed by atoms with van der Waals surface area (Å²) in [6.45, 7) is 6.91. The van der Waals surface area contributed by atoms with E-state index in [2.05, 4.69) is 30.0 Å². The van der Waals surface area contributed by atoms with Gasteiger partial charge in [-0.2, -0.15) is 0 Å². The van der Waals surface area contributed by atoms with Gasteiger partial charge in [0, 0.05) is 25.2 Å². The number of benzene rings is 1. The first-order valence-electron chi connectivity index (χ1n) is 8.37. The minimum Gasteiger partial charge on any atom is -0.492 e. The normalized spacial score (nSPS) is 26.7. The fourth-order valence-electron chi connectivity index (χ4n) is 3.43. The molecule has 1 aliphatic carbocycles. The maximum Gasteiger partial charge on any atom is 0.123 e. The van der Waals surface area contributed by atoms with Gasteiger partial charge in [-0.05, 0) is 24.8 Å². The number of para-hydroxylation sites is 1. The standard InChI is InChI=1S/C18H27NO2/c1-15-6-2-4-8-17(15)20-12-10-19-11-13-21-18-9-5-3-7-16(18)14-19/h3,5,7,9,15,17H,2,4,6,8,10-14H2,1H3. The van der Waals surface area contributed by atoms with Crippen LogP contribution in [0.1, 0.15) is 38.2 Å². The van der Waals surface area contributed by atoms with Crippen molar-refractivity contribution in [2.45, 2.75) is 45.3 Å². The summed E-state index contributed by atoms with van der Waals surface area (Å²) in [6.07, 6.45) is 5.76. The lowest BCUT2D eigenvalue weighted by Gasteiger charge is -2.29. The molecule has 3 heteroatoms. The lowest BCUT2D eigenvalue weighted by molar-refractivity contribution is -0.0147. The number of rotatable bonds is 4. The van der Waals surface area contributed by atoms with Crippen molar-refractivity contribution >= 4 is 0 Å². The van der Waals surface area contributed by atoms with Crippen LogP contribution in [0.4, 0.5) is 0 Å². The largest absolute Gasteiger partial charge is 0.492 e. The SMILES string of the molecule is CC1CCCCC1OCCN1CCOc2ccccc2C1. The first-order valence-corrected chi connectivity index (χ1v) is 8.37. The number of nitrogens with zero attached hydrogens (tertiary/aromatic N) is 1. The number of hydrogen-bond acceptors (Lipinski definition) is 3. The minimum absolute atomic E-state index is 0.481. The van der Waals surface area contributed by atoms with E-state index in [4.69, 9.17) is 9.47 Å². The summed E-state index contributed by atoms with van der Waals surface area (Å²) >= 11 is 0. The van der Waals surface area contributed by atoms with Crippen LogP contribution in [0, 0.1) is 5.92 Å². The van der Waals surface area contributed by atoms with Crippen molar-refractivity contribution < 1.29 is 9.47 Å². The zero-order chi connectivity index (χ0) is 14.5. The van der Waals surface area contributed by atoms with Gasteiger partial charge in [0.1, 0.15) is 12.4 Å². The Hall–Kier alpha value is -1.06. The van der Waals surface area contributed by atoms with Crippen molar-refractivity contribution in [2.75, 3.05) is 26.3 Å². The molecule has 0 amide bonds. The second-order valence-corrected chi connectivity index (χ2v) is 6.40. The predicted octanol–water partition coefficient (Wildman–Crippen LogP) is 3.48. The Kier molecular flexibility index (Phi) is 5.15. The van der Waals surface area contributed by atoms with Gasteiger partial charge in [-0.1, -0.05) is 38.0 Å². The van der Waals surface area contributed by atoms with Gasteiger partial charge < -0.3 is 9.47 Å². The van der Waals surface area contributed by atoms with Crippen molar-refractivity contribution in [3.05, 3.63) is 29.8 Å². The zero-order valence-corrected chi connectivity index (χ0v) is 13.1. The third-order valence-electron chi connectivity index (χ3n) is 4.80. The third-order valence-corrected chi connectivity index (χ3v) is 4.80. The minimum atomic E-state index is 0.481. The van der Waals surface area contributed by atoms with Crippen LogP contribution in [0.15, 0.2) is 24.3 Å². The smallest absolute Gasteiger partial charge is 0.123 e. The van der Waals surface area contributed by atoms with Crippen LogP contribution >= 0.6 is 0 Å². The summed E-state index contributed by atoms with van der Waals surface area (Å²) in [5, 5.41) is 0. The van der Waals surface area contributed by atoms with E-state index < -0.39 is 0 Å². The van der Waals surface area contributed by atoms with Crippen molar-refractivity contribution in [3.63, 3.8) is 0 Å². The fourth-order valence-corrected chi connectivity index (χ4v) is 3.43. The molecule has 0 spiro atoms. The van der Waals surface area contributed by atoms with Gasteiger partial charge in [0.2, 0.25) is 0 Å². The van der Waals surface area contributed by atoms with E-state index in [1.54, 1.807) is 0 Å². The predicted molar refractivity (Wildman–Crippen MR) is 84.6 cm³/mol. The highest BCUT2D eigenvalue weighted by Crippen LogP contribution is 2.26. The van der Waals surface area contributed by atoms with Crippen LogP contribution in [0.5, 0.6) is 5.75 Å². The topological polar surface area (TPSA) is 21.7 Å². The first-order chi connectivity index (χ1) is 10.3. The first kappa shape index (κ1) is 14.9. The number of hydrogen-bond donors (Lipinski definition) is 0. The molecule has 116 valence electrons. The fraction of sp³-hybridized carbons (Fsp3) is 0.667. The summed E-state index contributed by atoms with van der Waals surface area (Å²) in [4.78, 5) is 2.44. The summed E-state index contributed by atoms with van der Waals surface area (Å²) in [6, 6.07) is 8.37. The molecule has 3 nitrogen and oxygen atoms in total. The van der Waals surface area contributed by atoms with E-state index >= 15 is 0 Å². The van der Waals surface area contributed by atoms with Crippen LogP contribution in [0.25, 0.3) is 0 Å². The molecular formula is C18H27NO2. The van der Waals surface area contributed by atoms with Crippen molar-refractivity contribution in [1.82, 2.24) is 4.90 Å². The molecule has 3 rings (SSSR count). The van der Waals surface area contributed by atoms with Crippen LogP contribution < -0.4 is 4.74 Å². The monoisotopic (exact) mass is 289 g/mol. The quantitative estimate of drug-likeness (QED) is 0.847. The molecule has 1 saturated carbocycles. The second-order valence-electron chi connectivity index (χ2n) is 6.40. The molecule has 0 bridgehead atoms. The Morgan fingerprint density at radius 2 is 2.10 bits per heavy atom. The summed E-state index contributed by atoms with van der Waals surface area (Å²) < 4.78 is 12.0. The zero-order valence-electron chi connectivity index (χ0n) is 13.1. The molecule has 1 aromatic carbocycles. The van der Waals surface area contributed by atoms with Crippen LogP contribution in [-0.2, 0) is 11.3 Å². The van der Waals surface area contributed by atoms with E-state index in [9.17, 15) is 0 Å². The average molecular weight is 289 g/mol. The highest BCUT2D eigenvalue weighted by Gasteiger charge is 2.22. The van der Waals surface area contributed by atoms with Gasteiger partial charge in [0.15, 0.2) is 0 Å². The van der Waals surface area contributed by atoms with Crippen molar-refractivity contribution in [2.24, 2.45) is 5.92 Å². The number of ether oxygens (including phenoxy) is 2. The van der Waals surface area contributed by atoms with Gasteiger partial charge in [-0.3, -0.25) is 4.90 Å². The third kappa shape index (κ3) is 3.98. The Morgan fingerprint density at radius 1 is 1.24 bits per heavy atom. The molecule has 1 fully saturated rings. The van der Waals surface area contributed by atoms with E-state index in [0.29, 0.717) is 6.10 Å². The average Bonchev–Trinajstić information content (AvgIpc) is 2.71. The lowest BCUT2D eigenvalue weighted by Crippen LogP contribution is -2.32. The Balaban J connectivity index is 1.47. The van der Waals surface area contributed by atoms with E-state index in [-0.39, 0.29) is 0 Å². The Morgan fingerprint density at radius 3 is 3.00 bits per heavy atom. The molecule has 2 aliphatic rings. The maximum absolute atomic E-state index is 6.14. The van der Waals surface area contributed by atoms with E-state index in [1.807, 2.05) is 6.07 Å². The molecule has 0 aromatic heterocycles. The van der Waals surface area contributed by atoms with Gasteiger partial charge in [0.05, 0.1) is 12.7 Å². The lowest BCUT2D eigenvalue weighted by atomic mass is 9.88. The highest BCUT2D eigenvalue weighted by molar-refractivity contribution is 5.33. The summed E-state index contributed by atoms with van der Waals surface area (Å²) in [5.41, 5.74) is 1.29. The maximum atomic E-state index is 6.14. The molecule has 2 unspecified atom stereocenters. The van der Waals surface area contributed by atoms with Crippen molar-refractivity contribution in [3.8, 4) is 5.75 Å². The van der Waals surface area contributed by atoms with E-state index in [1.165, 1.54) is 31.2 Å². The van der Waals surface area contributed by atoms with Gasteiger partial charge in [-0.15, -0.1) is 0 Å². The molecule has 1 aliphatic heterocycles. The Bertz CT molecular complexity index is 449. The molecule has 1 aromatic rings. The Labute approximate surface area is 128 Å². The van der Waals surface area contributed by atoms with Crippen LogP contribution in [-0.4, -0.2) is 37.3 Å². The number of fused-ring (bicyclic) bond motifs is 1. The second kappa shape index (κ2) is 7.28. The molecule has 2 atom stereocenters. The van der Waals surface area contributed by atoms with Crippen molar-refractivity contribution in [1.29, 1.82) is 0 Å².